The summed E-state index contributed by atoms with van der Waals surface area (Å²) in [6, 6.07) is 3.10. The third kappa shape index (κ3) is 3.31. The van der Waals surface area contributed by atoms with E-state index in [1.807, 2.05) is 0 Å². The molecule has 1 saturated heterocycles. The van der Waals surface area contributed by atoms with Crippen molar-refractivity contribution in [1.82, 2.24) is 5.32 Å². The van der Waals surface area contributed by atoms with Crippen LogP contribution in [-0.2, 0) is 19.4 Å². The number of Topliss-reactive ketones (excluding diaryl/α,β-unsaturated/α-hetero) is 1. The average molecular weight is 394 g/mol. The van der Waals surface area contributed by atoms with Crippen molar-refractivity contribution >= 4 is 44.8 Å². The van der Waals surface area contributed by atoms with Crippen molar-refractivity contribution in [2.75, 3.05) is 6.54 Å². The predicted molar refractivity (Wildman–Crippen MR) is 90.3 cm³/mol. The lowest BCUT2D eigenvalue weighted by atomic mass is 9.92. The lowest BCUT2D eigenvalue weighted by molar-refractivity contribution is -0.139. The maximum absolute atomic E-state index is 12.9. The molecule has 0 bridgehead atoms. The van der Waals surface area contributed by atoms with E-state index < -0.39 is 38.3 Å². The van der Waals surface area contributed by atoms with Gasteiger partial charge in [0.05, 0.1) is 9.92 Å². The molecule has 0 radical (unpaired) electrons. The number of hydrogen-bond donors (Lipinski definition) is 2. The zero-order chi connectivity index (χ0) is 18.3. The smallest absolute Gasteiger partial charge is 0.320 e. The fourth-order valence-corrected chi connectivity index (χ4v) is 4.97. The standard InChI is InChI=1S/C15H17Cl2NO5S/c1-15(2,13(19)8-5-11(14(20)21)18-7-8)24(22,23)12-4-3-9(16)6-10(12)17/h3-4,6,8,11,18H,5,7H2,1-2H3,(H,20,21)/t8-,11+/m1/s1. The molecule has 1 heterocycles. The Morgan fingerprint density at radius 3 is 2.42 bits per heavy atom. The zero-order valence-corrected chi connectivity index (χ0v) is 15.4. The summed E-state index contributed by atoms with van der Waals surface area (Å²) in [6.07, 6.45) is 0.0570. The molecule has 9 heteroatoms. The van der Waals surface area contributed by atoms with Gasteiger partial charge >= 0.3 is 5.97 Å². The van der Waals surface area contributed by atoms with E-state index in [-0.39, 0.29) is 27.9 Å². The highest BCUT2D eigenvalue weighted by molar-refractivity contribution is 7.93. The van der Waals surface area contributed by atoms with Gasteiger partial charge in [-0.25, -0.2) is 8.42 Å². The van der Waals surface area contributed by atoms with Crippen molar-refractivity contribution in [3.63, 3.8) is 0 Å². The number of aliphatic carboxylic acids is 1. The fraction of sp³-hybridized carbons (Fsp3) is 0.467. The topological polar surface area (TPSA) is 101 Å². The Kier molecular flexibility index (Phi) is 5.30. The molecule has 0 saturated carbocycles. The molecule has 2 atom stereocenters. The van der Waals surface area contributed by atoms with Crippen LogP contribution in [0.2, 0.25) is 10.0 Å². The molecule has 24 heavy (non-hydrogen) atoms. The van der Waals surface area contributed by atoms with E-state index in [9.17, 15) is 18.0 Å². The van der Waals surface area contributed by atoms with E-state index in [0.717, 1.165) is 0 Å². The molecule has 0 amide bonds. The number of carbonyl (C=O) groups excluding carboxylic acids is 1. The number of hydrogen-bond acceptors (Lipinski definition) is 5. The zero-order valence-electron chi connectivity index (χ0n) is 13.0. The Morgan fingerprint density at radius 2 is 1.92 bits per heavy atom. The molecule has 0 aromatic heterocycles. The highest BCUT2D eigenvalue weighted by Gasteiger charge is 2.48. The molecule has 2 N–H and O–H groups in total. The van der Waals surface area contributed by atoms with Gasteiger partial charge in [-0.2, -0.15) is 0 Å². The SMILES string of the molecule is CC(C)(C(=O)[C@H]1CN[C@H](C(=O)O)C1)S(=O)(=O)c1ccc(Cl)cc1Cl. The van der Waals surface area contributed by atoms with E-state index in [1.165, 1.54) is 32.0 Å². The second kappa shape index (κ2) is 6.63. The van der Waals surface area contributed by atoms with E-state index in [4.69, 9.17) is 28.3 Å². The van der Waals surface area contributed by atoms with E-state index in [2.05, 4.69) is 5.32 Å². The number of ketones is 1. The van der Waals surface area contributed by atoms with Gasteiger partial charge in [-0.15, -0.1) is 0 Å². The number of carboxylic acids is 1. The summed E-state index contributed by atoms with van der Waals surface area (Å²) in [5.74, 6) is -2.29. The van der Waals surface area contributed by atoms with Crippen molar-refractivity contribution in [3.05, 3.63) is 28.2 Å². The molecular formula is C15H17Cl2NO5S. The number of rotatable bonds is 5. The Labute approximate surface area is 150 Å². The number of carbonyl (C=O) groups is 2. The van der Waals surface area contributed by atoms with Gasteiger partial charge in [0.25, 0.3) is 0 Å². The summed E-state index contributed by atoms with van der Waals surface area (Å²) in [5, 5.41) is 11.9. The quantitative estimate of drug-likeness (QED) is 0.794. The van der Waals surface area contributed by atoms with Gasteiger partial charge in [0.1, 0.15) is 10.8 Å². The van der Waals surface area contributed by atoms with Crippen LogP contribution in [-0.4, -0.2) is 42.6 Å². The number of sulfone groups is 1. The first-order valence-electron chi connectivity index (χ1n) is 7.18. The summed E-state index contributed by atoms with van der Waals surface area (Å²) in [5.41, 5.74) is 0. The minimum Gasteiger partial charge on any atom is -0.480 e. The van der Waals surface area contributed by atoms with Crippen molar-refractivity contribution < 1.29 is 23.1 Å². The van der Waals surface area contributed by atoms with Crippen LogP contribution in [0.5, 0.6) is 0 Å². The molecule has 2 rings (SSSR count). The molecule has 132 valence electrons. The summed E-state index contributed by atoms with van der Waals surface area (Å²) >= 11 is 11.8. The van der Waals surface area contributed by atoms with Gasteiger partial charge in [-0.3, -0.25) is 9.59 Å². The molecule has 6 nitrogen and oxygen atoms in total. The first-order valence-corrected chi connectivity index (χ1v) is 9.42. The molecule has 1 fully saturated rings. The number of benzene rings is 1. The summed E-state index contributed by atoms with van der Waals surface area (Å²) in [7, 11) is -4.08. The van der Waals surface area contributed by atoms with Gasteiger partial charge in [-0.05, 0) is 38.5 Å². The van der Waals surface area contributed by atoms with Crippen LogP contribution in [0.3, 0.4) is 0 Å². The summed E-state index contributed by atoms with van der Waals surface area (Å²) < 4.78 is 24.1. The molecule has 1 aromatic carbocycles. The van der Waals surface area contributed by atoms with E-state index >= 15 is 0 Å². The normalized spacial score (nSPS) is 21.7. The average Bonchev–Trinajstić information content (AvgIpc) is 2.95. The van der Waals surface area contributed by atoms with E-state index in [1.54, 1.807) is 0 Å². The molecule has 0 aliphatic carbocycles. The Morgan fingerprint density at radius 1 is 1.29 bits per heavy atom. The van der Waals surface area contributed by atoms with Crippen LogP contribution in [0.15, 0.2) is 23.1 Å². The van der Waals surface area contributed by atoms with Crippen LogP contribution in [0.1, 0.15) is 20.3 Å². The van der Waals surface area contributed by atoms with Crippen molar-refractivity contribution in [2.24, 2.45) is 5.92 Å². The van der Waals surface area contributed by atoms with Crippen LogP contribution < -0.4 is 5.32 Å². The fourth-order valence-electron chi connectivity index (χ4n) is 2.72. The third-order valence-electron chi connectivity index (χ3n) is 4.25. The van der Waals surface area contributed by atoms with Gasteiger partial charge in [0.15, 0.2) is 15.6 Å². The van der Waals surface area contributed by atoms with Crippen LogP contribution in [0.4, 0.5) is 0 Å². The van der Waals surface area contributed by atoms with Crippen molar-refractivity contribution in [3.8, 4) is 0 Å². The number of halogens is 2. The Hall–Kier alpha value is -1.15. The second-order valence-electron chi connectivity index (χ2n) is 6.18. The lowest BCUT2D eigenvalue weighted by Crippen LogP contribution is -2.45. The van der Waals surface area contributed by atoms with Crippen LogP contribution in [0, 0.1) is 5.92 Å². The minimum absolute atomic E-state index is 0.0570. The highest BCUT2D eigenvalue weighted by Crippen LogP contribution is 2.35. The predicted octanol–water partition coefficient (Wildman–Crippen LogP) is 2.18. The number of nitrogens with one attached hydrogen (secondary N) is 1. The van der Waals surface area contributed by atoms with Gasteiger partial charge in [0.2, 0.25) is 0 Å². The van der Waals surface area contributed by atoms with Gasteiger partial charge < -0.3 is 10.4 Å². The second-order valence-corrected chi connectivity index (χ2v) is 9.50. The molecular weight excluding hydrogens is 377 g/mol. The monoisotopic (exact) mass is 393 g/mol. The molecule has 1 aromatic rings. The van der Waals surface area contributed by atoms with Gasteiger partial charge in [0, 0.05) is 17.5 Å². The first-order chi connectivity index (χ1) is 11.0. The molecule has 0 unspecified atom stereocenters. The molecule has 1 aliphatic rings. The molecule has 1 aliphatic heterocycles. The lowest BCUT2D eigenvalue weighted by Gasteiger charge is -2.26. The van der Waals surface area contributed by atoms with Crippen LogP contribution in [0.25, 0.3) is 0 Å². The summed E-state index contributed by atoms with van der Waals surface area (Å²) in [6.45, 7) is 2.75. The maximum Gasteiger partial charge on any atom is 0.320 e. The highest BCUT2D eigenvalue weighted by atomic mass is 35.5. The largest absolute Gasteiger partial charge is 0.480 e. The molecule has 0 spiro atoms. The Balaban J connectivity index is 2.34. The maximum atomic E-state index is 12.9. The van der Waals surface area contributed by atoms with Crippen molar-refractivity contribution in [1.29, 1.82) is 0 Å². The van der Waals surface area contributed by atoms with Crippen LogP contribution >= 0.6 is 23.2 Å². The Bertz CT molecular complexity index is 791. The first kappa shape index (κ1) is 19.2. The summed E-state index contributed by atoms with van der Waals surface area (Å²) in [4.78, 5) is 23.6. The third-order valence-corrected chi connectivity index (χ3v) is 7.39. The number of carboxylic acid groups (broad SMARTS) is 1. The van der Waals surface area contributed by atoms with Crippen molar-refractivity contribution in [2.45, 2.75) is 36.0 Å². The van der Waals surface area contributed by atoms with Gasteiger partial charge in [-0.1, -0.05) is 23.2 Å². The van der Waals surface area contributed by atoms with E-state index in [0.29, 0.717) is 0 Å². The minimum atomic E-state index is -4.08.